The molecular formula is C18H24N4O2. The molecule has 0 amide bonds. The maximum Gasteiger partial charge on any atom is 0.168 e. The van der Waals surface area contributed by atoms with Crippen molar-refractivity contribution in [3.63, 3.8) is 0 Å². The first-order valence-corrected chi connectivity index (χ1v) is 8.76. The zero-order valence-corrected chi connectivity index (χ0v) is 13.8. The predicted octanol–water partition coefficient (Wildman–Crippen LogP) is 2.42. The summed E-state index contributed by atoms with van der Waals surface area (Å²) in [6, 6.07) is 10.4. The van der Waals surface area contributed by atoms with Gasteiger partial charge >= 0.3 is 0 Å². The Morgan fingerprint density at radius 1 is 1.17 bits per heavy atom. The molecule has 2 aromatic rings. The van der Waals surface area contributed by atoms with E-state index >= 15 is 0 Å². The van der Waals surface area contributed by atoms with Gasteiger partial charge in [0.25, 0.3) is 0 Å². The predicted molar refractivity (Wildman–Crippen MR) is 89.3 cm³/mol. The van der Waals surface area contributed by atoms with E-state index in [1.54, 1.807) is 6.33 Å². The second kappa shape index (κ2) is 7.01. The highest BCUT2D eigenvalue weighted by atomic mass is 16.7. The minimum Gasteiger partial charge on any atom is -0.348 e. The fourth-order valence-electron chi connectivity index (χ4n) is 3.76. The van der Waals surface area contributed by atoms with Crippen LogP contribution in [0.25, 0.3) is 0 Å². The Morgan fingerprint density at radius 2 is 1.92 bits per heavy atom. The molecule has 0 radical (unpaired) electrons. The van der Waals surface area contributed by atoms with Crippen molar-refractivity contribution in [3.8, 4) is 0 Å². The van der Waals surface area contributed by atoms with Gasteiger partial charge in [0, 0.05) is 12.8 Å². The van der Waals surface area contributed by atoms with Crippen LogP contribution in [0.15, 0.2) is 36.7 Å². The molecule has 1 aromatic carbocycles. The normalized spacial score (nSPS) is 22.0. The minimum atomic E-state index is -0.278. The molecule has 1 atom stereocenters. The average molecular weight is 328 g/mol. The highest BCUT2D eigenvalue weighted by molar-refractivity contribution is 5.24. The highest BCUT2D eigenvalue weighted by Gasteiger charge is 2.40. The third-order valence-electron chi connectivity index (χ3n) is 5.13. The molecule has 1 aliphatic heterocycles. The van der Waals surface area contributed by atoms with Crippen LogP contribution >= 0.6 is 0 Å². The minimum absolute atomic E-state index is 0.0450. The molecule has 1 aliphatic carbocycles. The molecular weight excluding hydrogens is 304 g/mol. The molecule has 0 bridgehead atoms. The quantitative estimate of drug-likeness (QED) is 0.882. The number of ether oxygens (including phenoxy) is 2. The van der Waals surface area contributed by atoms with Crippen molar-refractivity contribution in [1.29, 1.82) is 0 Å². The molecule has 2 fully saturated rings. The van der Waals surface area contributed by atoms with Gasteiger partial charge in [-0.1, -0.05) is 30.3 Å². The van der Waals surface area contributed by atoms with Crippen LogP contribution in [-0.4, -0.2) is 40.7 Å². The van der Waals surface area contributed by atoms with Crippen LogP contribution in [0, 0.1) is 5.92 Å². The summed E-state index contributed by atoms with van der Waals surface area (Å²) < 4.78 is 11.6. The van der Waals surface area contributed by atoms with Crippen molar-refractivity contribution in [3.05, 3.63) is 48.0 Å². The molecule has 1 spiro atoms. The first-order chi connectivity index (χ1) is 11.8. The lowest BCUT2D eigenvalue weighted by Crippen LogP contribution is -2.38. The number of rotatable bonds is 5. The van der Waals surface area contributed by atoms with Crippen LogP contribution in [0.5, 0.6) is 0 Å². The molecule has 2 aliphatic rings. The van der Waals surface area contributed by atoms with Gasteiger partial charge in [-0.3, -0.25) is 5.10 Å². The molecule has 2 heterocycles. The zero-order chi connectivity index (χ0) is 16.2. The summed E-state index contributed by atoms with van der Waals surface area (Å²) in [6.45, 7) is 2.44. The molecule has 4 rings (SSSR count). The summed E-state index contributed by atoms with van der Waals surface area (Å²) in [4.78, 5) is 4.35. The number of hydrogen-bond acceptors (Lipinski definition) is 5. The number of H-pyrrole nitrogens is 1. The first-order valence-electron chi connectivity index (χ1n) is 8.76. The van der Waals surface area contributed by atoms with E-state index < -0.39 is 0 Å². The Balaban J connectivity index is 1.38. The van der Waals surface area contributed by atoms with Crippen molar-refractivity contribution in [2.45, 2.75) is 37.5 Å². The SMILES string of the molecule is c1ccc(C(NCC2CCC3(CC2)OCCO3)c2ncn[nH]2)cc1. The lowest BCUT2D eigenvalue weighted by Gasteiger charge is -2.35. The summed E-state index contributed by atoms with van der Waals surface area (Å²) in [5.74, 6) is 1.22. The lowest BCUT2D eigenvalue weighted by atomic mass is 9.85. The number of nitrogens with one attached hydrogen (secondary N) is 2. The molecule has 1 saturated carbocycles. The molecule has 2 N–H and O–H groups in total. The van der Waals surface area contributed by atoms with Crippen LogP contribution in [0.2, 0.25) is 0 Å². The fraction of sp³-hybridized carbons (Fsp3) is 0.556. The summed E-state index contributed by atoms with van der Waals surface area (Å²) in [5, 5.41) is 10.7. The molecule has 6 heteroatoms. The molecule has 1 aromatic heterocycles. The van der Waals surface area contributed by atoms with E-state index in [2.05, 4.69) is 44.8 Å². The van der Waals surface area contributed by atoms with E-state index in [9.17, 15) is 0 Å². The van der Waals surface area contributed by atoms with Gasteiger partial charge in [0.1, 0.15) is 12.2 Å². The Hall–Kier alpha value is -1.76. The second-order valence-electron chi connectivity index (χ2n) is 6.67. The summed E-state index contributed by atoms with van der Waals surface area (Å²) in [5.41, 5.74) is 1.20. The molecule has 6 nitrogen and oxygen atoms in total. The number of aromatic nitrogens is 3. The van der Waals surface area contributed by atoms with Crippen molar-refractivity contribution in [1.82, 2.24) is 20.5 Å². The van der Waals surface area contributed by atoms with Gasteiger partial charge in [0.2, 0.25) is 0 Å². The third-order valence-corrected chi connectivity index (χ3v) is 5.13. The van der Waals surface area contributed by atoms with Crippen LogP contribution in [0.1, 0.15) is 43.1 Å². The highest BCUT2D eigenvalue weighted by Crippen LogP contribution is 2.38. The van der Waals surface area contributed by atoms with Gasteiger partial charge in [-0.05, 0) is 30.9 Å². The number of benzene rings is 1. The largest absolute Gasteiger partial charge is 0.348 e. The van der Waals surface area contributed by atoms with Crippen molar-refractivity contribution < 1.29 is 9.47 Å². The number of nitrogens with zero attached hydrogens (tertiary/aromatic N) is 2. The Morgan fingerprint density at radius 3 is 2.58 bits per heavy atom. The van der Waals surface area contributed by atoms with E-state index in [4.69, 9.17) is 9.47 Å². The molecule has 1 unspecified atom stereocenters. The molecule has 24 heavy (non-hydrogen) atoms. The maximum atomic E-state index is 5.82. The Kier molecular flexibility index (Phi) is 4.60. The molecule has 128 valence electrons. The van der Waals surface area contributed by atoms with Crippen molar-refractivity contribution in [2.24, 2.45) is 5.92 Å². The van der Waals surface area contributed by atoms with Crippen molar-refractivity contribution in [2.75, 3.05) is 19.8 Å². The van der Waals surface area contributed by atoms with Crippen LogP contribution < -0.4 is 5.32 Å². The Labute approximate surface area is 142 Å². The number of hydrogen-bond donors (Lipinski definition) is 2. The van der Waals surface area contributed by atoms with Crippen molar-refractivity contribution >= 4 is 0 Å². The van der Waals surface area contributed by atoms with Gasteiger partial charge in [0.05, 0.1) is 19.3 Å². The van der Waals surface area contributed by atoms with E-state index in [1.165, 1.54) is 5.56 Å². The average Bonchev–Trinajstić information content (AvgIpc) is 3.31. The summed E-state index contributed by atoms with van der Waals surface area (Å²) in [7, 11) is 0. The van der Waals surface area contributed by atoms with Gasteiger partial charge in [-0.15, -0.1) is 0 Å². The van der Waals surface area contributed by atoms with Gasteiger partial charge < -0.3 is 14.8 Å². The lowest BCUT2D eigenvalue weighted by molar-refractivity contribution is -0.182. The standard InChI is InChI=1S/C18H24N4O2/c1-2-4-15(5-3-1)16(17-20-13-21-22-17)19-12-14-6-8-18(9-7-14)23-10-11-24-18/h1-5,13-14,16,19H,6-12H2,(H,20,21,22). The van der Waals surface area contributed by atoms with E-state index in [0.717, 1.165) is 51.3 Å². The smallest absolute Gasteiger partial charge is 0.168 e. The third kappa shape index (κ3) is 3.36. The fourth-order valence-corrected chi connectivity index (χ4v) is 3.76. The first kappa shape index (κ1) is 15.7. The van der Waals surface area contributed by atoms with Crippen LogP contribution in [0.4, 0.5) is 0 Å². The zero-order valence-electron chi connectivity index (χ0n) is 13.8. The second-order valence-corrected chi connectivity index (χ2v) is 6.67. The van der Waals surface area contributed by atoms with Crippen LogP contribution in [0.3, 0.4) is 0 Å². The van der Waals surface area contributed by atoms with E-state index in [0.29, 0.717) is 5.92 Å². The van der Waals surface area contributed by atoms with Crippen LogP contribution in [-0.2, 0) is 9.47 Å². The molecule has 1 saturated heterocycles. The summed E-state index contributed by atoms with van der Waals surface area (Å²) >= 11 is 0. The topological polar surface area (TPSA) is 72.1 Å². The number of aromatic amines is 1. The van der Waals surface area contributed by atoms with E-state index in [1.807, 2.05) is 6.07 Å². The summed E-state index contributed by atoms with van der Waals surface area (Å²) in [6.07, 6.45) is 5.82. The maximum absolute atomic E-state index is 5.82. The Bertz CT molecular complexity index is 616. The van der Waals surface area contributed by atoms with Gasteiger partial charge in [-0.2, -0.15) is 5.10 Å². The van der Waals surface area contributed by atoms with Gasteiger partial charge in [-0.25, -0.2) is 4.98 Å². The van der Waals surface area contributed by atoms with Gasteiger partial charge in [0.15, 0.2) is 5.79 Å². The van der Waals surface area contributed by atoms with E-state index in [-0.39, 0.29) is 11.8 Å². The monoisotopic (exact) mass is 328 g/mol.